The van der Waals surface area contributed by atoms with Crippen LogP contribution >= 0.6 is 11.8 Å². The minimum atomic E-state index is -1.19. The molecule has 1 N–H and O–H groups in total. The van der Waals surface area contributed by atoms with Gasteiger partial charge in [0.2, 0.25) is 0 Å². The summed E-state index contributed by atoms with van der Waals surface area (Å²) in [6.07, 6.45) is 0. The summed E-state index contributed by atoms with van der Waals surface area (Å²) in [4.78, 5) is 14.2. The number of hydrogen-bond acceptors (Lipinski definition) is 4. The average molecular weight is 399 g/mol. The number of anilines is 1. The molecule has 0 aliphatic carbocycles. The molecule has 3 aromatic carbocycles. The standard InChI is InChI=1S/C21H15F2NO3S/c22-15-8-4-7-14(20(15)23)21(25)24-16-11-17-18(27-10-9-26-17)12-19(16)28-13-5-2-1-3-6-13/h1-8,11-12H,9-10H2,(H,24,25). The fraction of sp³-hybridized carbons (Fsp3) is 0.0952. The summed E-state index contributed by atoms with van der Waals surface area (Å²) in [6, 6.07) is 16.5. The summed E-state index contributed by atoms with van der Waals surface area (Å²) in [5.74, 6) is -1.95. The van der Waals surface area contributed by atoms with Crippen molar-refractivity contribution in [2.24, 2.45) is 0 Å². The van der Waals surface area contributed by atoms with Crippen LogP contribution < -0.4 is 14.8 Å². The molecule has 3 aromatic rings. The maximum absolute atomic E-state index is 14.0. The topological polar surface area (TPSA) is 47.6 Å². The molecule has 0 spiro atoms. The van der Waals surface area contributed by atoms with Crippen LogP contribution in [0.5, 0.6) is 11.5 Å². The first kappa shape index (κ1) is 18.3. The largest absolute Gasteiger partial charge is 0.486 e. The first-order chi connectivity index (χ1) is 13.6. The smallest absolute Gasteiger partial charge is 0.258 e. The predicted molar refractivity (Wildman–Crippen MR) is 102 cm³/mol. The van der Waals surface area contributed by atoms with E-state index in [1.807, 2.05) is 30.3 Å². The van der Waals surface area contributed by atoms with Gasteiger partial charge in [0, 0.05) is 21.9 Å². The van der Waals surface area contributed by atoms with Gasteiger partial charge in [0.25, 0.3) is 5.91 Å². The van der Waals surface area contributed by atoms with Crippen LogP contribution in [0.3, 0.4) is 0 Å². The molecular weight excluding hydrogens is 384 g/mol. The van der Waals surface area contributed by atoms with Crippen molar-refractivity contribution in [1.29, 1.82) is 0 Å². The van der Waals surface area contributed by atoms with Gasteiger partial charge in [0.05, 0.1) is 11.3 Å². The molecule has 0 radical (unpaired) electrons. The molecule has 28 heavy (non-hydrogen) atoms. The first-order valence-electron chi connectivity index (χ1n) is 8.54. The Morgan fingerprint density at radius 1 is 0.929 bits per heavy atom. The summed E-state index contributed by atoms with van der Waals surface area (Å²) < 4.78 is 38.7. The minimum Gasteiger partial charge on any atom is -0.486 e. The van der Waals surface area contributed by atoms with Gasteiger partial charge in [-0.1, -0.05) is 36.0 Å². The van der Waals surface area contributed by atoms with E-state index in [2.05, 4.69) is 5.32 Å². The van der Waals surface area contributed by atoms with Crippen molar-refractivity contribution in [1.82, 2.24) is 0 Å². The summed E-state index contributed by atoms with van der Waals surface area (Å²) in [6.45, 7) is 0.826. The Labute approximate surface area is 164 Å². The quantitative estimate of drug-likeness (QED) is 0.660. The minimum absolute atomic E-state index is 0.370. The molecule has 0 fully saturated rings. The normalized spacial score (nSPS) is 12.5. The highest BCUT2D eigenvalue weighted by atomic mass is 32.2. The van der Waals surface area contributed by atoms with Crippen molar-refractivity contribution < 1.29 is 23.0 Å². The van der Waals surface area contributed by atoms with Crippen molar-refractivity contribution >= 4 is 23.4 Å². The van der Waals surface area contributed by atoms with Gasteiger partial charge >= 0.3 is 0 Å². The number of nitrogens with one attached hydrogen (secondary N) is 1. The number of ether oxygens (including phenoxy) is 2. The summed E-state index contributed by atoms with van der Waals surface area (Å²) in [5.41, 5.74) is 0.0531. The number of carbonyl (C=O) groups is 1. The van der Waals surface area contributed by atoms with Crippen molar-refractivity contribution in [2.45, 2.75) is 9.79 Å². The van der Waals surface area contributed by atoms with Crippen LogP contribution in [0.25, 0.3) is 0 Å². The SMILES string of the molecule is O=C(Nc1cc2c(cc1Sc1ccccc1)OCCO2)c1cccc(F)c1F. The van der Waals surface area contributed by atoms with Crippen LogP contribution in [0, 0.1) is 11.6 Å². The zero-order valence-electron chi connectivity index (χ0n) is 14.6. The maximum atomic E-state index is 14.0. The van der Waals surface area contributed by atoms with Gasteiger partial charge in [-0.25, -0.2) is 8.78 Å². The van der Waals surface area contributed by atoms with Crippen LogP contribution in [0.1, 0.15) is 10.4 Å². The van der Waals surface area contributed by atoms with Crippen LogP contribution in [0.15, 0.2) is 70.5 Å². The Morgan fingerprint density at radius 2 is 1.64 bits per heavy atom. The Bertz CT molecular complexity index is 1030. The van der Waals surface area contributed by atoms with E-state index in [0.717, 1.165) is 11.0 Å². The van der Waals surface area contributed by atoms with Gasteiger partial charge in [-0.05, 0) is 24.3 Å². The third-order valence-electron chi connectivity index (χ3n) is 4.06. The van der Waals surface area contributed by atoms with Crippen LogP contribution in [-0.4, -0.2) is 19.1 Å². The molecule has 1 aliphatic heterocycles. The van der Waals surface area contributed by atoms with Gasteiger partial charge in [0.15, 0.2) is 23.1 Å². The van der Waals surface area contributed by atoms with Crippen LogP contribution in [0.2, 0.25) is 0 Å². The van der Waals surface area contributed by atoms with E-state index in [1.54, 1.807) is 12.1 Å². The zero-order chi connectivity index (χ0) is 19.5. The number of carbonyl (C=O) groups excluding carboxylic acids is 1. The van der Waals surface area contributed by atoms with E-state index >= 15 is 0 Å². The van der Waals surface area contributed by atoms with Gasteiger partial charge in [0.1, 0.15) is 13.2 Å². The molecule has 0 saturated carbocycles. The van der Waals surface area contributed by atoms with Gasteiger partial charge in [-0.15, -0.1) is 0 Å². The highest BCUT2D eigenvalue weighted by Gasteiger charge is 2.20. The van der Waals surface area contributed by atoms with E-state index in [4.69, 9.17) is 9.47 Å². The molecule has 1 amide bonds. The van der Waals surface area contributed by atoms with Crippen molar-refractivity contribution in [3.8, 4) is 11.5 Å². The molecule has 4 rings (SSSR count). The maximum Gasteiger partial charge on any atom is 0.258 e. The second kappa shape index (κ2) is 7.90. The molecule has 0 atom stereocenters. The Morgan fingerprint density at radius 3 is 2.39 bits per heavy atom. The number of rotatable bonds is 4. The lowest BCUT2D eigenvalue weighted by molar-refractivity contribution is 0.102. The highest BCUT2D eigenvalue weighted by Crippen LogP contribution is 2.42. The Hall–Kier alpha value is -3.06. The number of amides is 1. The predicted octanol–water partition coefficient (Wildman–Crippen LogP) is 5.14. The average Bonchev–Trinajstić information content (AvgIpc) is 2.71. The van der Waals surface area contributed by atoms with E-state index in [0.29, 0.717) is 35.3 Å². The van der Waals surface area contributed by atoms with Crippen molar-refractivity contribution in [3.63, 3.8) is 0 Å². The van der Waals surface area contributed by atoms with Crippen LogP contribution in [0.4, 0.5) is 14.5 Å². The summed E-state index contributed by atoms with van der Waals surface area (Å²) in [7, 11) is 0. The lowest BCUT2D eigenvalue weighted by atomic mass is 10.2. The molecule has 0 aromatic heterocycles. The lowest BCUT2D eigenvalue weighted by Crippen LogP contribution is -2.18. The Kier molecular flexibility index (Phi) is 5.16. The molecule has 1 heterocycles. The molecule has 7 heteroatoms. The highest BCUT2D eigenvalue weighted by molar-refractivity contribution is 7.99. The summed E-state index contributed by atoms with van der Waals surface area (Å²) >= 11 is 1.41. The molecule has 0 bridgehead atoms. The fourth-order valence-electron chi connectivity index (χ4n) is 2.74. The van der Waals surface area contributed by atoms with E-state index < -0.39 is 17.5 Å². The molecule has 0 unspecified atom stereocenters. The van der Waals surface area contributed by atoms with Crippen molar-refractivity contribution in [2.75, 3.05) is 18.5 Å². The number of fused-ring (bicyclic) bond motifs is 1. The van der Waals surface area contributed by atoms with Crippen molar-refractivity contribution in [3.05, 3.63) is 77.9 Å². The van der Waals surface area contributed by atoms with Gasteiger partial charge < -0.3 is 14.8 Å². The lowest BCUT2D eigenvalue weighted by Gasteiger charge is -2.21. The summed E-state index contributed by atoms with van der Waals surface area (Å²) in [5, 5.41) is 2.66. The molecule has 0 saturated heterocycles. The van der Waals surface area contributed by atoms with E-state index in [-0.39, 0.29) is 5.56 Å². The third kappa shape index (κ3) is 3.80. The first-order valence-corrected chi connectivity index (χ1v) is 9.35. The molecular formula is C21H15F2NO3S. The Balaban J connectivity index is 1.70. The van der Waals surface area contributed by atoms with Gasteiger partial charge in [-0.2, -0.15) is 0 Å². The number of hydrogen-bond donors (Lipinski definition) is 1. The van der Waals surface area contributed by atoms with E-state index in [1.165, 1.54) is 23.9 Å². The number of benzene rings is 3. The van der Waals surface area contributed by atoms with Gasteiger partial charge in [-0.3, -0.25) is 4.79 Å². The second-order valence-corrected chi connectivity index (χ2v) is 7.08. The molecule has 1 aliphatic rings. The second-order valence-electron chi connectivity index (χ2n) is 5.96. The third-order valence-corrected chi connectivity index (χ3v) is 5.13. The van der Waals surface area contributed by atoms with Crippen LogP contribution in [-0.2, 0) is 0 Å². The molecule has 142 valence electrons. The zero-order valence-corrected chi connectivity index (χ0v) is 15.4. The molecule has 4 nitrogen and oxygen atoms in total. The number of halogens is 2. The van der Waals surface area contributed by atoms with E-state index in [9.17, 15) is 13.6 Å². The monoisotopic (exact) mass is 399 g/mol. The fourth-order valence-corrected chi connectivity index (χ4v) is 3.67.